The maximum absolute atomic E-state index is 11.0. The fourth-order valence-corrected chi connectivity index (χ4v) is 2.01. The molecule has 16 heavy (non-hydrogen) atoms. The van der Waals surface area contributed by atoms with E-state index in [1.54, 1.807) is 29.5 Å². The van der Waals surface area contributed by atoms with Crippen LogP contribution in [-0.2, 0) is 0 Å². The molecule has 0 unspecified atom stereocenters. The molecule has 0 aliphatic carbocycles. The molecule has 1 aromatic heterocycles. The second-order valence-corrected chi connectivity index (χ2v) is 4.22. The number of rotatable bonds is 3. The zero-order valence-corrected chi connectivity index (χ0v) is 9.28. The minimum absolute atomic E-state index is 0.329. The summed E-state index contributed by atoms with van der Waals surface area (Å²) in [6.45, 7) is 0. The molecular formula is C13H10O2S. The van der Waals surface area contributed by atoms with Crippen molar-refractivity contribution < 1.29 is 9.90 Å². The molecular weight excluding hydrogens is 220 g/mol. The third-order valence-corrected chi connectivity index (χ3v) is 3.00. The van der Waals surface area contributed by atoms with Crippen LogP contribution in [0.3, 0.4) is 0 Å². The molecule has 0 bridgehead atoms. The minimum Gasteiger partial charge on any atom is -0.478 e. The van der Waals surface area contributed by atoms with E-state index in [0.29, 0.717) is 5.56 Å². The van der Waals surface area contributed by atoms with Crippen LogP contribution in [0.4, 0.5) is 0 Å². The molecule has 0 saturated heterocycles. The van der Waals surface area contributed by atoms with Crippen LogP contribution in [0.1, 0.15) is 20.8 Å². The average molecular weight is 230 g/mol. The summed E-state index contributed by atoms with van der Waals surface area (Å²) < 4.78 is 0. The number of carboxylic acid groups (broad SMARTS) is 1. The Balaban J connectivity index is 2.31. The van der Waals surface area contributed by atoms with E-state index >= 15 is 0 Å². The molecule has 80 valence electrons. The minimum atomic E-state index is -0.897. The van der Waals surface area contributed by atoms with Gasteiger partial charge in [0.2, 0.25) is 0 Å². The van der Waals surface area contributed by atoms with Crippen LogP contribution in [0.25, 0.3) is 12.2 Å². The Morgan fingerprint density at radius 1 is 1.12 bits per heavy atom. The van der Waals surface area contributed by atoms with Gasteiger partial charge in [0, 0.05) is 4.88 Å². The highest BCUT2D eigenvalue weighted by molar-refractivity contribution is 7.10. The molecule has 0 spiro atoms. The Kier molecular flexibility index (Phi) is 3.17. The largest absolute Gasteiger partial charge is 0.478 e. The first-order valence-electron chi connectivity index (χ1n) is 4.81. The molecule has 1 aromatic carbocycles. The first kappa shape index (κ1) is 10.6. The van der Waals surface area contributed by atoms with E-state index < -0.39 is 5.97 Å². The zero-order chi connectivity index (χ0) is 11.4. The van der Waals surface area contributed by atoms with Gasteiger partial charge in [-0.25, -0.2) is 4.79 Å². The lowest BCUT2D eigenvalue weighted by atomic mass is 10.1. The van der Waals surface area contributed by atoms with Crippen LogP contribution in [-0.4, -0.2) is 11.1 Å². The smallest absolute Gasteiger partial charge is 0.336 e. The van der Waals surface area contributed by atoms with Crippen molar-refractivity contribution in [2.24, 2.45) is 0 Å². The monoisotopic (exact) mass is 230 g/mol. The van der Waals surface area contributed by atoms with Crippen molar-refractivity contribution in [3.05, 3.63) is 57.8 Å². The molecule has 0 amide bonds. The van der Waals surface area contributed by atoms with Gasteiger partial charge >= 0.3 is 5.97 Å². The predicted molar refractivity (Wildman–Crippen MR) is 66.6 cm³/mol. The lowest BCUT2D eigenvalue weighted by Crippen LogP contribution is -1.98. The Morgan fingerprint density at radius 3 is 2.62 bits per heavy atom. The van der Waals surface area contributed by atoms with E-state index in [1.807, 2.05) is 35.7 Å². The van der Waals surface area contributed by atoms with Crippen LogP contribution in [0.5, 0.6) is 0 Å². The third-order valence-electron chi connectivity index (χ3n) is 2.16. The Hall–Kier alpha value is -1.87. The molecule has 2 nitrogen and oxygen atoms in total. The standard InChI is InChI=1S/C13H10O2S/c14-13(15)12-6-2-1-4-10(12)7-8-11-5-3-9-16-11/h1-9H,(H,14,15). The maximum atomic E-state index is 11.0. The van der Waals surface area contributed by atoms with Crippen LogP contribution < -0.4 is 0 Å². The fraction of sp³-hybridized carbons (Fsp3) is 0. The summed E-state index contributed by atoms with van der Waals surface area (Å²) in [4.78, 5) is 12.1. The highest BCUT2D eigenvalue weighted by Crippen LogP contribution is 2.16. The first-order valence-corrected chi connectivity index (χ1v) is 5.69. The molecule has 0 aliphatic rings. The van der Waals surface area contributed by atoms with Gasteiger partial charge in [-0.2, -0.15) is 0 Å². The van der Waals surface area contributed by atoms with Crippen molar-refractivity contribution >= 4 is 29.5 Å². The molecule has 2 rings (SSSR count). The van der Waals surface area contributed by atoms with Crippen LogP contribution in [0.2, 0.25) is 0 Å². The van der Waals surface area contributed by atoms with Gasteiger partial charge in [0.1, 0.15) is 0 Å². The van der Waals surface area contributed by atoms with Gasteiger partial charge in [-0.3, -0.25) is 0 Å². The summed E-state index contributed by atoms with van der Waals surface area (Å²) in [5.41, 5.74) is 1.05. The van der Waals surface area contributed by atoms with Crippen molar-refractivity contribution in [3.8, 4) is 0 Å². The van der Waals surface area contributed by atoms with Gasteiger partial charge in [-0.05, 0) is 29.2 Å². The van der Waals surface area contributed by atoms with Gasteiger partial charge in [-0.1, -0.05) is 30.3 Å². The van der Waals surface area contributed by atoms with Gasteiger partial charge in [0.05, 0.1) is 5.56 Å². The molecule has 2 aromatic rings. The number of benzene rings is 1. The number of carboxylic acids is 1. The maximum Gasteiger partial charge on any atom is 0.336 e. The van der Waals surface area contributed by atoms with Crippen molar-refractivity contribution in [1.82, 2.24) is 0 Å². The Labute approximate surface area is 97.5 Å². The Morgan fingerprint density at radius 2 is 1.94 bits per heavy atom. The van der Waals surface area contributed by atoms with Crippen molar-refractivity contribution in [2.45, 2.75) is 0 Å². The summed E-state index contributed by atoms with van der Waals surface area (Å²) in [6.07, 6.45) is 3.75. The van der Waals surface area contributed by atoms with Crippen LogP contribution >= 0.6 is 11.3 Å². The zero-order valence-electron chi connectivity index (χ0n) is 8.46. The number of thiophene rings is 1. The lowest BCUT2D eigenvalue weighted by molar-refractivity contribution is 0.0696. The quantitative estimate of drug-likeness (QED) is 0.874. The molecule has 0 radical (unpaired) electrons. The second-order valence-electron chi connectivity index (χ2n) is 3.24. The average Bonchev–Trinajstić information content (AvgIpc) is 2.79. The molecule has 0 saturated carbocycles. The molecule has 1 N–H and O–H groups in total. The molecule has 1 heterocycles. The normalized spacial score (nSPS) is 10.8. The van der Waals surface area contributed by atoms with E-state index in [2.05, 4.69) is 0 Å². The summed E-state index contributed by atoms with van der Waals surface area (Å²) in [5, 5.41) is 11.0. The Bertz CT molecular complexity index is 512. The molecule has 3 heteroatoms. The highest BCUT2D eigenvalue weighted by Gasteiger charge is 2.05. The van der Waals surface area contributed by atoms with Gasteiger partial charge in [0.15, 0.2) is 0 Å². The number of aromatic carboxylic acids is 1. The van der Waals surface area contributed by atoms with E-state index in [1.165, 1.54) is 0 Å². The number of hydrogen-bond acceptors (Lipinski definition) is 2. The topological polar surface area (TPSA) is 37.3 Å². The summed E-state index contributed by atoms with van der Waals surface area (Å²) in [7, 11) is 0. The van der Waals surface area contributed by atoms with Crippen molar-refractivity contribution in [1.29, 1.82) is 0 Å². The second kappa shape index (κ2) is 4.77. The van der Waals surface area contributed by atoms with Gasteiger partial charge in [0.25, 0.3) is 0 Å². The van der Waals surface area contributed by atoms with E-state index in [4.69, 9.17) is 5.11 Å². The van der Waals surface area contributed by atoms with E-state index in [0.717, 1.165) is 10.4 Å². The molecule has 0 fully saturated rings. The number of hydrogen-bond donors (Lipinski definition) is 1. The summed E-state index contributed by atoms with van der Waals surface area (Å²) >= 11 is 1.62. The molecule has 0 aliphatic heterocycles. The van der Waals surface area contributed by atoms with Crippen molar-refractivity contribution in [2.75, 3.05) is 0 Å². The predicted octanol–water partition coefficient (Wildman–Crippen LogP) is 3.62. The van der Waals surface area contributed by atoms with Crippen molar-refractivity contribution in [3.63, 3.8) is 0 Å². The van der Waals surface area contributed by atoms with Crippen LogP contribution in [0.15, 0.2) is 41.8 Å². The first-order chi connectivity index (χ1) is 7.77. The van der Waals surface area contributed by atoms with E-state index in [9.17, 15) is 4.79 Å². The van der Waals surface area contributed by atoms with Gasteiger partial charge < -0.3 is 5.11 Å². The molecule has 0 atom stereocenters. The summed E-state index contributed by atoms with van der Waals surface area (Å²) in [6, 6.07) is 10.9. The third kappa shape index (κ3) is 2.38. The number of carbonyl (C=O) groups is 1. The SMILES string of the molecule is O=C(O)c1ccccc1C=Cc1cccs1. The lowest BCUT2D eigenvalue weighted by Gasteiger charge is -1.99. The summed E-state index contributed by atoms with van der Waals surface area (Å²) in [5.74, 6) is -0.897. The fourth-order valence-electron chi connectivity index (χ4n) is 1.40. The van der Waals surface area contributed by atoms with Crippen LogP contribution in [0, 0.1) is 0 Å². The van der Waals surface area contributed by atoms with Gasteiger partial charge in [-0.15, -0.1) is 11.3 Å². The van der Waals surface area contributed by atoms with E-state index in [-0.39, 0.29) is 0 Å². The highest BCUT2D eigenvalue weighted by atomic mass is 32.1.